The van der Waals surface area contributed by atoms with Gasteiger partial charge in [0.25, 0.3) is 17.4 Å². The molecular weight excluding hydrogens is 570 g/mol. The van der Waals surface area contributed by atoms with Crippen LogP contribution < -0.4 is 26.8 Å². The zero-order chi connectivity index (χ0) is 32.0. The topological polar surface area (TPSA) is 194 Å². The van der Waals surface area contributed by atoms with E-state index < -0.39 is 46.7 Å². The van der Waals surface area contributed by atoms with E-state index in [4.69, 9.17) is 0 Å². The van der Waals surface area contributed by atoms with Gasteiger partial charge in [0.05, 0.1) is 18.6 Å². The zero-order valence-corrected chi connectivity index (χ0v) is 25.3. The molecular formula is C30H41N7O7. The van der Waals surface area contributed by atoms with Crippen LogP contribution in [0.1, 0.15) is 69.3 Å². The highest BCUT2D eigenvalue weighted by Crippen LogP contribution is 2.45. The Labute approximate surface area is 255 Å². The standard InChI is InChI=1S/C30H41N7O7/c1-4-32-28(43)24(39)8-7-21(33-27(42)23-15-31-17-36(23)3)26(41)34-22-6-5-9-37(29(22)44)16-25(40)35-30-12-18(2)10-19(13-30)11-20(38)14-30/h5-6,9,15,17-21,38H,4,7-8,10-14,16H2,1-3H3,(H,32,43)(H,33,42)(H,34,41)(H,35,40)/t18?,19?,20?,21-,30?/m0/s1. The molecule has 14 nitrogen and oxygen atoms in total. The highest BCUT2D eigenvalue weighted by molar-refractivity contribution is 6.36. The number of hydrogen-bond acceptors (Lipinski definition) is 8. The van der Waals surface area contributed by atoms with Crippen molar-refractivity contribution in [3.05, 3.63) is 46.9 Å². The number of carbonyl (C=O) groups is 5. The highest BCUT2D eigenvalue weighted by Gasteiger charge is 2.45. The van der Waals surface area contributed by atoms with Crippen LogP contribution in [0.3, 0.4) is 0 Å². The number of imidazole rings is 1. The molecule has 5 N–H and O–H groups in total. The van der Waals surface area contributed by atoms with Crippen molar-refractivity contribution in [2.45, 2.75) is 83.0 Å². The van der Waals surface area contributed by atoms with Crippen LogP contribution in [0, 0.1) is 11.8 Å². The Hall–Kier alpha value is -4.33. The summed E-state index contributed by atoms with van der Waals surface area (Å²) in [6.45, 7) is 3.77. The number of nitrogens with one attached hydrogen (secondary N) is 4. The molecule has 2 aromatic heterocycles. The molecule has 4 unspecified atom stereocenters. The number of aromatic nitrogens is 3. The number of aliphatic hydroxyl groups excluding tert-OH is 1. The van der Waals surface area contributed by atoms with Crippen LogP contribution in [0.15, 0.2) is 35.6 Å². The van der Waals surface area contributed by atoms with Crippen LogP contribution in [0.25, 0.3) is 0 Å². The van der Waals surface area contributed by atoms with E-state index in [1.807, 2.05) is 0 Å². The van der Waals surface area contributed by atoms with Crippen LogP contribution in [0.2, 0.25) is 0 Å². The summed E-state index contributed by atoms with van der Waals surface area (Å²) in [6, 6.07) is 1.61. The third-order valence-electron chi connectivity index (χ3n) is 8.30. The maximum Gasteiger partial charge on any atom is 0.287 e. The molecule has 0 saturated heterocycles. The monoisotopic (exact) mass is 611 g/mol. The van der Waals surface area contributed by atoms with Gasteiger partial charge in [-0.05, 0) is 69.4 Å². The van der Waals surface area contributed by atoms with Crippen molar-refractivity contribution >= 4 is 35.1 Å². The maximum atomic E-state index is 13.3. The molecule has 2 aliphatic rings. The van der Waals surface area contributed by atoms with Crippen LogP contribution in [-0.4, -0.2) is 72.9 Å². The smallest absolute Gasteiger partial charge is 0.287 e. The molecule has 4 amide bonds. The highest BCUT2D eigenvalue weighted by atomic mass is 16.3. The minimum Gasteiger partial charge on any atom is -0.393 e. The zero-order valence-electron chi connectivity index (χ0n) is 25.3. The molecule has 2 aliphatic carbocycles. The molecule has 2 heterocycles. The van der Waals surface area contributed by atoms with E-state index in [0.29, 0.717) is 18.3 Å². The van der Waals surface area contributed by atoms with Gasteiger partial charge < -0.3 is 35.5 Å². The third-order valence-corrected chi connectivity index (χ3v) is 8.30. The maximum absolute atomic E-state index is 13.3. The Morgan fingerprint density at radius 2 is 1.93 bits per heavy atom. The van der Waals surface area contributed by atoms with Crippen LogP contribution in [-0.2, 0) is 32.8 Å². The van der Waals surface area contributed by atoms with Gasteiger partial charge in [-0.2, -0.15) is 0 Å². The van der Waals surface area contributed by atoms with Gasteiger partial charge in [0.2, 0.25) is 17.6 Å². The summed E-state index contributed by atoms with van der Waals surface area (Å²) in [5, 5.41) is 21.0. The molecule has 0 spiro atoms. The number of amides is 4. The van der Waals surface area contributed by atoms with Gasteiger partial charge in [-0.1, -0.05) is 6.92 Å². The number of likely N-dealkylation sites (N-methyl/N-ethyl adjacent to an activating group) is 1. The van der Waals surface area contributed by atoms with Crippen molar-refractivity contribution in [1.82, 2.24) is 30.1 Å². The molecule has 44 heavy (non-hydrogen) atoms. The van der Waals surface area contributed by atoms with E-state index in [-0.39, 0.29) is 43.2 Å². The number of ketones is 1. The predicted molar refractivity (Wildman–Crippen MR) is 159 cm³/mol. The second-order valence-electron chi connectivity index (χ2n) is 12.1. The Kier molecular flexibility index (Phi) is 10.3. The molecule has 0 aromatic carbocycles. The summed E-state index contributed by atoms with van der Waals surface area (Å²) < 4.78 is 2.62. The van der Waals surface area contributed by atoms with E-state index in [0.717, 1.165) is 25.7 Å². The molecule has 238 valence electrons. The number of hydrogen-bond donors (Lipinski definition) is 5. The van der Waals surface area contributed by atoms with E-state index >= 15 is 0 Å². The number of rotatable bonds is 12. The number of fused-ring (bicyclic) bond motifs is 2. The fourth-order valence-electron chi connectivity index (χ4n) is 6.65. The fourth-order valence-corrected chi connectivity index (χ4v) is 6.65. The van der Waals surface area contributed by atoms with Gasteiger partial charge in [0.15, 0.2) is 0 Å². The van der Waals surface area contributed by atoms with Gasteiger partial charge in [-0.3, -0.25) is 28.8 Å². The van der Waals surface area contributed by atoms with E-state index in [2.05, 4.69) is 33.2 Å². The van der Waals surface area contributed by atoms with Crippen molar-refractivity contribution in [2.75, 3.05) is 11.9 Å². The molecule has 2 aromatic rings. The first-order valence-corrected chi connectivity index (χ1v) is 15.0. The molecule has 14 heteroatoms. The lowest BCUT2D eigenvalue weighted by atomic mass is 9.63. The van der Waals surface area contributed by atoms with Gasteiger partial charge in [-0.25, -0.2) is 4.98 Å². The summed E-state index contributed by atoms with van der Waals surface area (Å²) in [5.41, 5.74) is -1.12. The average molecular weight is 612 g/mol. The number of nitrogens with zero attached hydrogens (tertiary/aromatic N) is 3. The van der Waals surface area contributed by atoms with Gasteiger partial charge in [-0.15, -0.1) is 0 Å². The Bertz CT molecular complexity index is 1450. The van der Waals surface area contributed by atoms with Gasteiger partial charge >= 0.3 is 0 Å². The molecule has 0 radical (unpaired) electrons. The molecule has 2 fully saturated rings. The molecule has 4 rings (SSSR count). The predicted octanol–water partition coefficient (Wildman–Crippen LogP) is 0.250. The lowest BCUT2D eigenvalue weighted by Crippen LogP contribution is -2.58. The fraction of sp³-hybridized carbons (Fsp3) is 0.567. The van der Waals surface area contributed by atoms with Crippen molar-refractivity contribution < 1.29 is 29.1 Å². The summed E-state index contributed by atoms with van der Waals surface area (Å²) in [5.74, 6) is -2.59. The normalized spacial score (nSPS) is 23.2. The summed E-state index contributed by atoms with van der Waals surface area (Å²) >= 11 is 0. The first kappa shape index (κ1) is 32.6. The van der Waals surface area contributed by atoms with Crippen molar-refractivity contribution in [1.29, 1.82) is 0 Å². The quantitative estimate of drug-likeness (QED) is 0.211. The van der Waals surface area contributed by atoms with E-state index in [9.17, 15) is 33.9 Å². The second-order valence-corrected chi connectivity index (χ2v) is 12.1. The van der Waals surface area contributed by atoms with Crippen LogP contribution in [0.4, 0.5) is 5.69 Å². The Balaban J connectivity index is 1.46. The average Bonchev–Trinajstić information content (AvgIpc) is 3.37. The number of aliphatic hydroxyl groups is 1. The largest absolute Gasteiger partial charge is 0.393 e. The van der Waals surface area contributed by atoms with Crippen LogP contribution >= 0.6 is 0 Å². The summed E-state index contributed by atoms with van der Waals surface area (Å²) in [7, 11) is 1.60. The molecule has 5 atom stereocenters. The number of pyridine rings is 1. The van der Waals surface area contributed by atoms with Gasteiger partial charge in [0, 0.05) is 31.7 Å². The number of aryl methyl sites for hydroxylation is 1. The lowest BCUT2D eigenvalue weighted by molar-refractivity contribution is -0.138. The second kappa shape index (κ2) is 14.0. The summed E-state index contributed by atoms with van der Waals surface area (Å²) in [4.78, 5) is 80.6. The minimum absolute atomic E-state index is 0.127. The number of carbonyl (C=O) groups excluding carboxylic acids is 5. The molecule has 2 bridgehead atoms. The van der Waals surface area contributed by atoms with Crippen molar-refractivity contribution in [3.63, 3.8) is 0 Å². The van der Waals surface area contributed by atoms with Crippen molar-refractivity contribution in [2.24, 2.45) is 18.9 Å². The van der Waals surface area contributed by atoms with E-state index in [1.54, 1.807) is 14.0 Å². The van der Waals surface area contributed by atoms with Gasteiger partial charge in [0.1, 0.15) is 24.0 Å². The van der Waals surface area contributed by atoms with Crippen LogP contribution in [0.5, 0.6) is 0 Å². The Morgan fingerprint density at radius 1 is 1.16 bits per heavy atom. The minimum atomic E-state index is -1.27. The van der Waals surface area contributed by atoms with E-state index in [1.165, 1.54) is 40.0 Å². The number of anilines is 1. The third kappa shape index (κ3) is 7.98. The lowest BCUT2D eigenvalue weighted by Gasteiger charge is -2.49. The summed E-state index contributed by atoms with van der Waals surface area (Å²) in [6.07, 6.45) is 6.90. The Morgan fingerprint density at radius 3 is 2.64 bits per heavy atom. The molecule has 2 saturated carbocycles. The first-order valence-electron chi connectivity index (χ1n) is 15.0. The SMILES string of the molecule is CCNC(=O)C(=O)CC[C@H](NC(=O)c1cncn1C)C(=O)Nc1cccn(CC(=O)NC23CC(C)CC(CC(O)C2)C3)c1=O. The van der Waals surface area contributed by atoms with Crippen molar-refractivity contribution in [3.8, 4) is 0 Å². The number of Topliss-reactive ketones (excluding diaryl/α,β-unsaturated/α-hetero) is 1. The first-order chi connectivity index (χ1) is 20.9. The molecule has 0 aliphatic heterocycles.